The number of Topliss-reactive ketones (excluding diaryl/α,β-unsaturated/α-hetero) is 1. The minimum Gasteiger partial charge on any atom is -0.294 e. The first-order chi connectivity index (χ1) is 6.86. The van der Waals surface area contributed by atoms with Gasteiger partial charge in [0.05, 0.1) is 5.56 Å². The molecule has 0 aliphatic rings. The van der Waals surface area contributed by atoms with E-state index in [-0.39, 0.29) is 17.8 Å². The molecule has 1 rings (SSSR count). The molecule has 0 aromatic heterocycles. The van der Waals surface area contributed by atoms with Gasteiger partial charge in [0.15, 0.2) is 5.78 Å². The van der Waals surface area contributed by atoms with E-state index in [1.165, 1.54) is 6.07 Å². The fraction of sp³-hybridized carbons (Fsp3) is 0.364. The van der Waals surface area contributed by atoms with Crippen LogP contribution in [-0.4, -0.2) is 5.78 Å². The highest BCUT2D eigenvalue weighted by Crippen LogP contribution is 2.30. The molecular weight excluding hydrogens is 205 g/mol. The number of rotatable bonds is 2. The molecule has 0 radical (unpaired) electrons. The second-order valence-corrected chi connectivity index (χ2v) is 3.30. The Morgan fingerprint density at radius 1 is 1.33 bits per heavy atom. The highest BCUT2D eigenvalue weighted by Gasteiger charge is 2.31. The summed E-state index contributed by atoms with van der Waals surface area (Å²) in [6.45, 7) is 3.26. The molecule has 0 saturated heterocycles. The van der Waals surface area contributed by atoms with E-state index >= 15 is 0 Å². The summed E-state index contributed by atoms with van der Waals surface area (Å²) >= 11 is 0. The Morgan fingerprint density at radius 3 is 2.40 bits per heavy atom. The van der Waals surface area contributed by atoms with Gasteiger partial charge in [-0.15, -0.1) is 0 Å². The highest BCUT2D eigenvalue weighted by atomic mass is 19.4. The smallest absolute Gasteiger partial charge is 0.294 e. The SMILES string of the molecule is CCC(=O)c1cc(C(F)(F)F)ccc1C. The fourth-order valence-electron chi connectivity index (χ4n) is 1.29. The zero-order valence-corrected chi connectivity index (χ0v) is 8.48. The molecule has 15 heavy (non-hydrogen) atoms. The predicted octanol–water partition coefficient (Wildman–Crippen LogP) is 3.61. The fourth-order valence-corrected chi connectivity index (χ4v) is 1.29. The molecule has 0 spiro atoms. The normalized spacial score (nSPS) is 11.5. The van der Waals surface area contributed by atoms with Gasteiger partial charge in [-0.2, -0.15) is 13.2 Å². The molecule has 82 valence electrons. The highest BCUT2D eigenvalue weighted by molar-refractivity contribution is 5.97. The van der Waals surface area contributed by atoms with Gasteiger partial charge in [0.1, 0.15) is 0 Å². The molecule has 0 unspecified atom stereocenters. The molecule has 0 N–H and O–H groups in total. The van der Waals surface area contributed by atoms with Crippen molar-refractivity contribution >= 4 is 5.78 Å². The standard InChI is InChI=1S/C11H11F3O/c1-3-10(15)9-6-8(11(12,13)14)5-4-7(9)2/h4-6H,3H2,1-2H3. The largest absolute Gasteiger partial charge is 0.416 e. The van der Waals surface area contributed by atoms with Gasteiger partial charge in [-0.1, -0.05) is 13.0 Å². The van der Waals surface area contributed by atoms with Crippen LogP contribution in [0, 0.1) is 6.92 Å². The van der Waals surface area contributed by atoms with E-state index < -0.39 is 11.7 Å². The third-order valence-electron chi connectivity index (χ3n) is 2.19. The van der Waals surface area contributed by atoms with Crippen LogP contribution in [0.5, 0.6) is 0 Å². The van der Waals surface area contributed by atoms with Crippen LogP contribution < -0.4 is 0 Å². The number of ketones is 1. The van der Waals surface area contributed by atoms with Crippen molar-refractivity contribution in [1.82, 2.24) is 0 Å². The van der Waals surface area contributed by atoms with Crippen LogP contribution in [0.1, 0.15) is 34.8 Å². The van der Waals surface area contributed by atoms with Crippen molar-refractivity contribution in [3.05, 3.63) is 34.9 Å². The van der Waals surface area contributed by atoms with Gasteiger partial charge in [0, 0.05) is 12.0 Å². The maximum atomic E-state index is 12.4. The van der Waals surface area contributed by atoms with Gasteiger partial charge < -0.3 is 0 Å². The van der Waals surface area contributed by atoms with Gasteiger partial charge in [0.25, 0.3) is 0 Å². The number of hydrogen-bond donors (Lipinski definition) is 0. The van der Waals surface area contributed by atoms with Crippen molar-refractivity contribution in [2.24, 2.45) is 0 Å². The van der Waals surface area contributed by atoms with E-state index in [9.17, 15) is 18.0 Å². The molecule has 0 heterocycles. The molecule has 1 aromatic rings. The Balaban J connectivity index is 3.23. The number of carbonyl (C=O) groups is 1. The Bertz CT molecular complexity index is 380. The number of aryl methyl sites for hydroxylation is 1. The third kappa shape index (κ3) is 2.58. The second kappa shape index (κ2) is 4.04. The molecule has 0 saturated carbocycles. The number of carbonyl (C=O) groups excluding carboxylic acids is 1. The number of benzene rings is 1. The Labute approximate surface area is 85.9 Å². The summed E-state index contributed by atoms with van der Waals surface area (Å²) in [7, 11) is 0. The average molecular weight is 216 g/mol. The van der Waals surface area contributed by atoms with E-state index in [2.05, 4.69) is 0 Å². The number of hydrogen-bond acceptors (Lipinski definition) is 1. The monoisotopic (exact) mass is 216 g/mol. The van der Waals surface area contributed by atoms with E-state index in [1.54, 1.807) is 13.8 Å². The second-order valence-electron chi connectivity index (χ2n) is 3.30. The third-order valence-corrected chi connectivity index (χ3v) is 2.19. The zero-order chi connectivity index (χ0) is 11.6. The van der Waals surface area contributed by atoms with Crippen LogP contribution in [0.4, 0.5) is 13.2 Å². The Morgan fingerprint density at radius 2 is 1.93 bits per heavy atom. The molecule has 4 heteroatoms. The van der Waals surface area contributed by atoms with Crippen molar-refractivity contribution < 1.29 is 18.0 Å². The van der Waals surface area contributed by atoms with Crippen molar-refractivity contribution in [3.63, 3.8) is 0 Å². The first kappa shape index (κ1) is 11.8. The van der Waals surface area contributed by atoms with E-state index in [0.717, 1.165) is 12.1 Å². The quantitative estimate of drug-likeness (QED) is 0.690. The summed E-state index contributed by atoms with van der Waals surface area (Å²) in [5.74, 6) is -0.265. The summed E-state index contributed by atoms with van der Waals surface area (Å²) in [5, 5.41) is 0. The van der Waals surface area contributed by atoms with Crippen molar-refractivity contribution in [2.45, 2.75) is 26.4 Å². The average Bonchev–Trinajstić information content (AvgIpc) is 2.15. The van der Waals surface area contributed by atoms with Crippen LogP contribution >= 0.6 is 0 Å². The Hall–Kier alpha value is -1.32. The van der Waals surface area contributed by atoms with Gasteiger partial charge >= 0.3 is 6.18 Å². The Kier molecular flexibility index (Phi) is 3.17. The van der Waals surface area contributed by atoms with Crippen molar-refractivity contribution in [3.8, 4) is 0 Å². The summed E-state index contributed by atoms with van der Waals surface area (Å²) in [5.41, 5.74) is -0.0351. The minimum absolute atomic E-state index is 0.160. The van der Waals surface area contributed by atoms with Crippen LogP contribution in [0.2, 0.25) is 0 Å². The lowest BCUT2D eigenvalue weighted by Gasteiger charge is -2.09. The topological polar surface area (TPSA) is 17.1 Å². The maximum Gasteiger partial charge on any atom is 0.416 e. The minimum atomic E-state index is -4.39. The van der Waals surface area contributed by atoms with E-state index in [0.29, 0.717) is 5.56 Å². The summed E-state index contributed by atoms with van der Waals surface area (Å²) in [6, 6.07) is 3.23. The first-order valence-corrected chi connectivity index (χ1v) is 4.57. The lowest BCUT2D eigenvalue weighted by molar-refractivity contribution is -0.137. The molecule has 0 bridgehead atoms. The molecule has 0 aliphatic heterocycles. The summed E-state index contributed by atoms with van der Waals surface area (Å²) < 4.78 is 37.1. The van der Waals surface area contributed by atoms with E-state index in [4.69, 9.17) is 0 Å². The predicted molar refractivity (Wildman–Crippen MR) is 50.8 cm³/mol. The molecule has 0 fully saturated rings. The maximum absolute atomic E-state index is 12.4. The van der Waals surface area contributed by atoms with Crippen LogP contribution in [-0.2, 0) is 6.18 Å². The molecular formula is C11H11F3O. The van der Waals surface area contributed by atoms with Gasteiger partial charge in [-0.3, -0.25) is 4.79 Å². The number of alkyl halides is 3. The lowest BCUT2D eigenvalue weighted by atomic mass is 10.00. The van der Waals surface area contributed by atoms with E-state index in [1.807, 2.05) is 0 Å². The molecule has 0 amide bonds. The van der Waals surface area contributed by atoms with Gasteiger partial charge in [-0.05, 0) is 24.6 Å². The number of halogens is 3. The van der Waals surface area contributed by atoms with Crippen LogP contribution in [0.25, 0.3) is 0 Å². The van der Waals surface area contributed by atoms with Crippen molar-refractivity contribution in [1.29, 1.82) is 0 Å². The summed E-state index contributed by atoms with van der Waals surface area (Å²) in [4.78, 5) is 11.3. The van der Waals surface area contributed by atoms with Crippen molar-refractivity contribution in [2.75, 3.05) is 0 Å². The molecule has 1 nitrogen and oxygen atoms in total. The van der Waals surface area contributed by atoms with Crippen LogP contribution in [0.3, 0.4) is 0 Å². The van der Waals surface area contributed by atoms with Gasteiger partial charge in [-0.25, -0.2) is 0 Å². The molecule has 0 atom stereocenters. The molecule has 1 aromatic carbocycles. The first-order valence-electron chi connectivity index (χ1n) is 4.57. The molecule has 0 aliphatic carbocycles. The van der Waals surface area contributed by atoms with Crippen LogP contribution in [0.15, 0.2) is 18.2 Å². The lowest BCUT2D eigenvalue weighted by Crippen LogP contribution is -2.08. The van der Waals surface area contributed by atoms with Gasteiger partial charge in [0.2, 0.25) is 0 Å². The summed E-state index contributed by atoms with van der Waals surface area (Å²) in [6.07, 6.45) is -4.18. The zero-order valence-electron chi connectivity index (χ0n) is 8.48.